The maximum absolute atomic E-state index is 6.36. The summed E-state index contributed by atoms with van der Waals surface area (Å²) in [6.45, 7) is 12.1. The second-order valence-corrected chi connectivity index (χ2v) is 6.63. The van der Waals surface area contributed by atoms with Gasteiger partial charge in [0.05, 0.1) is 10.7 Å². The van der Waals surface area contributed by atoms with Crippen LogP contribution in [0.4, 0.5) is 5.69 Å². The highest BCUT2D eigenvalue weighted by molar-refractivity contribution is 6.33. The van der Waals surface area contributed by atoms with E-state index in [0.717, 1.165) is 24.7 Å². The summed E-state index contributed by atoms with van der Waals surface area (Å²) in [7, 11) is 0. The first kappa shape index (κ1) is 13.7. The topological polar surface area (TPSA) is 15.3 Å². The Balaban J connectivity index is 2.24. The number of aryl methyl sites for hydroxylation is 1. The van der Waals surface area contributed by atoms with Gasteiger partial charge in [0, 0.05) is 25.7 Å². The zero-order valence-corrected chi connectivity index (χ0v) is 12.5. The van der Waals surface area contributed by atoms with E-state index in [1.54, 1.807) is 0 Å². The van der Waals surface area contributed by atoms with Crippen molar-refractivity contribution in [1.82, 2.24) is 5.32 Å². The molecule has 1 fully saturated rings. The third kappa shape index (κ3) is 2.81. The van der Waals surface area contributed by atoms with Crippen LogP contribution in [-0.4, -0.2) is 25.7 Å². The Morgan fingerprint density at radius 2 is 2.06 bits per heavy atom. The fourth-order valence-corrected chi connectivity index (χ4v) is 2.90. The number of halogens is 1. The smallest absolute Gasteiger partial charge is 0.0642 e. The first-order valence-corrected chi connectivity index (χ1v) is 7.01. The van der Waals surface area contributed by atoms with Gasteiger partial charge in [-0.25, -0.2) is 0 Å². The van der Waals surface area contributed by atoms with Gasteiger partial charge in [0.1, 0.15) is 0 Å². The van der Waals surface area contributed by atoms with E-state index < -0.39 is 0 Å². The van der Waals surface area contributed by atoms with Crippen LogP contribution in [0.15, 0.2) is 18.2 Å². The Bertz CT molecular complexity index is 403. The van der Waals surface area contributed by atoms with Crippen LogP contribution >= 0.6 is 11.6 Å². The van der Waals surface area contributed by atoms with E-state index in [4.69, 9.17) is 11.6 Å². The van der Waals surface area contributed by atoms with Crippen molar-refractivity contribution in [3.05, 3.63) is 28.8 Å². The minimum absolute atomic E-state index is 0.272. The molecular weight excluding hydrogens is 244 g/mol. The first-order chi connectivity index (χ1) is 8.39. The second kappa shape index (κ2) is 5.10. The van der Waals surface area contributed by atoms with E-state index in [9.17, 15) is 0 Å². The van der Waals surface area contributed by atoms with Gasteiger partial charge in [-0.3, -0.25) is 0 Å². The fourth-order valence-electron chi connectivity index (χ4n) is 2.56. The zero-order valence-electron chi connectivity index (χ0n) is 11.8. The zero-order chi connectivity index (χ0) is 13.3. The van der Waals surface area contributed by atoms with Crippen molar-refractivity contribution >= 4 is 17.3 Å². The van der Waals surface area contributed by atoms with Gasteiger partial charge in [0.2, 0.25) is 0 Å². The molecule has 0 radical (unpaired) electrons. The van der Waals surface area contributed by atoms with Gasteiger partial charge >= 0.3 is 0 Å². The van der Waals surface area contributed by atoms with Gasteiger partial charge in [-0.05, 0) is 24.0 Å². The minimum atomic E-state index is 0.272. The van der Waals surface area contributed by atoms with Gasteiger partial charge < -0.3 is 10.2 Å². The molecule has 1 aliphatic rings. The molecule has 0 amide bonds. The van der Waals surface area contributed by atoms with Crippen LogP contribution in [0.2, 0.25) is 5.02 Å². The predicted molar refractivity (Wildman–Crippen MR) is 79.6 cm³/mol. The third-order valence-corrected chi connectivity index (χ3v) is 4.03. The molecule has 1 unspecified atom stereocenters. The molecule has 1 aromatic carbocycles. The van der Waals surface area contributed by atoms with Crippen LogP contribution in [0, 0.1) is 12.3 Å². The number of nitrogens with one attached hydrogen (secondary N) is 1. The molecule has 0 aliphatic carbocycles. The maximum atomic E-state index is 6.36. The largest absolute Gasteiger partial charge is 0.367 e. The number of rotatable bonds is 1. The molecule has 1 atom stereocenters. The minimum Gasteiger partial charge on any atom is -0.367 e. The van der Waals surface area contributed by atoms with Crippen molar-refractivity contribution in [2.24, 2.45) is 5.41 Å². The summed E-state index contributed by atoms with van der Waals surface area (Å²) in [6, 6.07) is 6.64. The monoisotopic (exact) mass is 266 g/mol. The molecule has 1 saturated heterocycles. The van der Waals surface area contributed by atoms with E-state index in [-0.39, 0.29) is 5.41 Å². The number of nitrogens with zero attached hydrogens (tertiary/aromatic N) is 1. The summed E-state index contributed by atoms with van der Waals surface area (Å²) in [5.41, 5.74) is 2.74. The Hall–Kier alpha value is -0.730. The average Bonchev–Trinajstić information content (AvgIpc) is 2.28. The molecule has 0 aromatic heterocycles. The van der Waals surface area contributed by atoms with E-state index in [1.165, 1.54) is 11.3 Å². The normalized spacial score (nSPS) is 21.2. The average molecular weight is 267 g/mol. The highest BCUT2D eigenvalue weighted by Crippen LogP contribution is 2.32. The fraction of sp³-hybridized carbons (Fsp3) is 0.600. The van der Waals surface area contributed by atoms with Gasteiger partial charge in [0.15, 0.2) is 0 Å². The lowest BCUT2D eigenvalue weighted by Crippen LogP contribution is -2.56. The van der Waals surface area contributed by atoms with Gasteiger partial charge in [-0.2, -0.15) is 0 Å². The quantitative estimate of drug-likeness (QED) is 0.837. The number of para-hydroxylation sites is 1. The van der Waals surface area contributed by atoms with Gasteiger partial charge in [0.25, 0.3) is 0 Å². The summed E-state index contributed by atoms with van der Waals surface area (Å²) in [5, 5.41) is 4.48. The standard InChI is InChI=1S/C15H23ClN2/c1-11-6-5-7-12(16)14(11)18-9-8-17-13(10-18)15(2,3)4/h5-7,13,17H,8-10H2,1-4H3. The Labute approximate surface area is 115 Å². The number of piperazine rings is 1. The first-order valence-electron chi connectivity index (χ1n) is 6.63. The molecule has 0 saturated carbocycles. The van der Waals surface area contributed by atoms with Crippen LogP contribution < -0.4 is 10.2 Å². The van der Waals surface area contributed by atoms with Crippen molar-refractivity contribution in [2.45, 2.75) is 33.7 Å². The van der Waals surface area contributed by atoms with Crippen molar-refractivity contribution in [1.29, 1.82) is 0 Å². The molecule has 2 rings (SSSR count). The summed E-state index contributed by atoms with van der Waals surface area (Å²) >= 11 is 6.36. The molecule has 1 aromatic rings. The Morgan fingerprint density at radius 3 is 2.67 bits per heavy atom. The highest BCUT2D eigenvalue weighted by atomic mass is 35.5. The summed E-state index contributed by atoms with van der Waals surface area (Å²) in [4.78, 5) is 2.42. The third-order valence-electron chi connectivity index (χ3n) is 3.73. The molecule has 18 heavy (non-hydrogen) atoms. The summed E-state index contributed by atoms with van der Waals surface area (Å²) < 4.78 is 0. The molecule has 1 aliphatic heterocycles. The lowest BCUT2D eigenvalue weighted by Gasteiger charge is -2.42. The lowest BCUT2D eigenvalue weighted by atomic mass is 9.85. The summed E-state index contributed by atoms with van der Waals surface area (Å²) in [6.07, 6.45) is 0. The van der Waals surface area contributed by atoms with E-state index in [0.29, 0.717) is 6.04 Å². The van der Waals surface area contributed by atoms with Crippen LogP contribution in [-0.2, 0) is 0 Å². The van der Waals surface area contributed by atoms with E-state index >= 15 is 0 Å². The molecule has 2 nitrogen and oxygen atoms in total. The molecule has 1 heterocycles. The van der Waals surface area contributed by atoms with Crippen LogP contribution in [0.5, 0.6) is 0 Å². The number of benzene rings is 1. The summed E-state index contributed by atoms with van der Waals surface area (Å²) in [5.74, 6) is 0. The second-order valence-electron chi connectivity index (χ2n) is 6.22. The molecule has 0 bridgehead atoms. The molecular formula is C15H23ClN2. The van der Waals surface area contributed by atoms with Crippen molar-refractivity contribution in [3.63, 3.8) is 0 Å². The lowest BCUT2D eigenvalue weighted by molar-refractivity contribution is 0.254. The molecule has 1 N–H and O–H groups in total. The van der Waals surface area contributed by atoms with Crippen molar-refractivity contribution in [3.8, 4) is 0 Å². The Kier molecular flexibility index (Phi) is 3.88. The number of anilines is 1. The molecule has 3 heteroatoms. The molecule has 0 spiro atoms. The SMILES string of the molecule is Cc1cccc(Cl)c1N1CCNC(C(C)(C)C)C1. The number of hydrogen-bond acceptors (Lipinski definition) is 2. The van der Waals surface area contributed by atoms with Crippen molar-refractivity contribution < 1.29 is 0 Å². The maximum Gasteiger partial charge on any atom is 0.0642 e. The van der Waals surface area contributed by atoms with Crippen LogP contribution in [0.25, 0.3) is 0 Å². The van der Waals surface area contributed by atoms with Crippen LogP contribution in [0.3, 0.4) is 0 Å². The van der Waals surface area contributed by atoms with E-state index in [2.05, 4.69) is 44.0 Å². The molecule has 100 valence electrons. The van der Waals surface area contributed by atoms with Gasteiger partial charge in [-0.1, -0.05) is 44.5 Å². The highest BCUT2D eigenvalue weighted by Gasteiger charge is 2.30. The van der Waals surface area contributed by atoms with Gasteiger partial charge in [-0.15, -0.1) is 0 Å². The predicted octanol–water partition coefficient (Wildman–Crippen LogP) is 3.47. The number of hydrogen-bond donors (Lipinski definition) is 1. The van der Waals surface area contributed by atoms with E-state index in [1.807, 2.05) is 12.1 Å². The Morgan fingerprint density at radius 1 is 1.33 bits per heavy atom. The van der Waals surface area contributed by atoms with Crippen LogP contribution in [0.1, 0.15) is 26.3 Å². The van der Waals surface area contributed by atoms with Crippen molar-refractivity contribution in [2.75, 3.05) is 24.5 Å².